The van der Waals surface area contributed by atoms with Crippen molar-refractivity contribution < 1.29 is 19.4 Å². The Labute approximate surface area is 95.4 Å². The van der Waals surface area contributed by atoms with Gasteiger partial charge in [0.1, 0.15) is 12.2 Å². The summed E-state index contributed by atoms with van der Waals surface area (Å²) in [5, 5.41) is 8.49. The zero-order valence-corrected chi connectivity index (χ0v) is 10.0. The summed E-state index contributed by atoms with van der Waals surface area (Å²) in [7, 11) is 0. The highest BCUT2D eigenvalue weighted by atomic mass is 16.5. The van der Waals surface area contributed by atoms with Crippen LogP contribution in [0.1, 0.15) is 27.2 Å². The van der Waals surface area contributed by atoms with Crippen LogP contribution >= 0.6 is 0 Å². The zero-order valence-electron chi connectivity index (χ0n) is 10.0. The van der Waals surface area contributed by atoms with Crippen molar-refractivity contribution >= 4 is 11.9 Å². The maximum atomic E-state index is 11.7. The number of carboxylic acid groups (broad SMARTS) is 1. The van der Waals surface area contributed by atoms with E-state index < -0.39 is 11.6 Å². The van der Waals surface area contributed by atoms with Gasteiger partial charge in [-0.15, -0.1) is 0 Å². The van der Waals surface area contributed by atoms with Crippen molar-refractivity contribution in [1.82, 2.24) is 4.90 Å². The second-order valence-corrected chi connectivity index (χ2v) is 4.64. The van der Waals surface area contributed by atoms with E-state index in [9.17, 15) is 9.59 Å². The van der Waals surface area contributed by atoms with Gasteiger partial charge < -0.3 is 14.7 Å². The zero-order chi connectivity index (χ0) is 12.3. The predicted molar refractivity (Wildman–Crippen MR) is 58.0 cm³/mol. The highest BCUT2D eigenvalue weighted by Gasteiger charge is 2.43. The van der Waals surface area contributed by atoms with Gasteiger partial charge in [0.15, 0.2) is 0 Å². The van der Waals surface area contributed by atoms with E-state index in [4.69, 9.17) is 9.84 Å². The van der Waals surface area contributed by atoms with Crippen molar-refractivity contribution in [2.75, 3.05) is 19.7 Å². The highest BCUT2D eigenvalue weighted by molar-refractivity contribution is 5.79. The maximum Gasteiger partial charge on any atom is 0.329 e. The largest absolute Gasteiger partial charge is 0.480 e. The summed E-state index contributed by atoms with van der Waals surface area (Å²) in [5.74, 6) is -0.823. The fraction of sp³-hybridized carbons (Fsp3) is 0.818. The standard InChI is InChI=1S/C11H19NO4/c1-4-8(2)10(15)12-6-11(3,7-12)16-5-9(13)14/h8H,4-7H2,1-3H3,(H,13,14). The minimum Gasteiger partial charge on any atom is -0.480 e. The molecule has 5 heteroatoms. The minimum atomic E-state index is -0.979. The van der Waals surface area contributed by atoms with Crippen LogP contribution in [-0.2, 0) is 14.3 Å². The van der Waals surface area contributed by atoms with E-state index >= 15 is 0 Å². The molecule has 1 heterocycles. The third-order valence-corrected chi connectivity index (χ3v) is 2.94. The molecule has 5 nitrogen and oxygen atoms in total. The Balaban J connectivity index is 2.35. The lowest BCUT2D eigenvalue weighted by Crippen LogP contribution is -2.64. The molecule has 1 rings (SSSR count). The smallest absolute Gasteiger partial charge is 0.329 e. The van der Waals surface area contributed by atoms with Gasteiger partial charge in [0, 0.05) is 5.92 Å². The van der Waals surface area contributed by atoms with Gasteiger partial charge in [-0.2, -0.15) is 0 Å². The molecule has 1 fully saturated rings. The van der Waals surface area contributed by atoms with E-state index in [1.807, 2.05) is 20.8 Å². The molecule has 1 aliphatic rings. The predicted octanol–water partition coefficient (Wildman–Crippen LogP) is 0.735. The summed E-state index contributed by atoms with van der Waals surface area (Å²) in [6.45, 7) is 6.38. The molecule has 92 valence electrons. The van der Waals surface area contributed by atoms with Crippen molar-refractivity contribution in [2.24, 2.45) is 5.92 Å². The topological polar surface area (TPSA) is 66.8 Å². The van der Waals surface area contributed by atoms with Crippen molar-refractivity contribution in [1.29, 1.82) is 0 Å². The van der Waals surface area contributed by atoms with E-state index in [0.717, 1.165) is 6.42 Å². The van der Waals surface area contributed by atoms with E-state index in [1.54, 1.807) is 4.90 Å². The number of ether oxygens (including phenoxy) is 1. The van der Waals surface area contributed by atoms with Gasteiger partial charge in [-0.25, -0.2) is 4.79 Å². The summed E-state index contributed by atoms with van der Waals surface area (Å²) in [4.78, 5) is 23.8. The summed E-state index contributed by atoms with van der Waals surface area (Å²) < 4.78 is 5.23. The lowest BCUT2D eigenvalue weighted by molar-refractivity contribution is -0.175. The third kappa shape index (κ3) is 2.95. The minimum absolute atomic E-state index is 0.0315. The van der Waals surface area contributed by atoms with Crippen LogP contribution in [0.2, 0.25) is 0 Å². The van der Waals surface area contributed by atoms with Crippen molar-refractivity contribution in [3.63, 3.8) is 0 Å². The number of hydrogen-bond donors (Lipinski definition) is 1. The maximum absolute atomic E-state index is 11.7. The number of carbonyl (C=O) groups excluding carboxylic acids is 1. The first-order valence-corrected chi connectivity index (χ1v) is 5.52. The number of carbonyl (C=O) groups is 2. The van der Waals surface area contributed by atoms with Gasteiger partial charge in [0.05, 0.1) is 13.1 Å². The van der Waals surface area contributed by atoms with Gasteiger partial charge in [-0.1, -0.05) is 13.8 Å². The molecule has 16 heavy (non-hydrogen) atoms. The monoisotopic (exact) mass is 229 g/mol. The van der Waals surface area contributed by atoms with E-state index in [-0.39, 0.29) is 18.4 Å². The van der Waals surface area contributed by atoms with Crippen LogP contribution < -0.4 is 0 Å². The second kappa shape index (κ2) is 4.82. The van der Waals surface area contributed by atoms with Crippen LogP contribution in [0, 0.1) is 5.92 Å². The number of likely N-dealkylation sites (tertiary alicyclic amines) is 1. The molecular weight excluding hydrogens is 210 g/mol. The molecule has 1 aliphatic heterocycles. The molecule has 0 radical (unpaired) electrons. The Kier molecular flexibility index (Phi) is 3.91. The SMILES string of the molecule is CCC(C)C(=O)N1CC(C)(OCC(=O)O)C1. The fourth-order valence-electron chi connectivity index (χ4n) is 1.73. The highest BCUT2D eigenvalue weighted by Crippen LogP contribution is 2.26. The Morgan fingerprint density at radius 3 is 2.50 bits per heavy atom. The van der Waals surface area contributed by atoms with E-state index in [1.165, 1.54) is 0 Å². The lowest BCUT2D eigenvalue weighted by atomic mass is 9.94. The molecule has 1 N–H and O–H groups in total. The fourth-order valence-corrected chi connectivity index (χ4v) is 1.73. The summed E-state index contributed by atoms with van der Waals surface area (Å²) in [6, 6.07) is 0. The Hall–Kier alpha value is -1.10. The first kappa shape index (κ1) is 13.0. The number of rotatable bonds is 5. The van der Waals surface area contributed by atoms with Gasteiger partial charge in [0.25, 0.3) is 0 Å². The molecule has 1 amide bonds. The van der Waals surface area contributed by atoms with Crippen molar-refractivity contribution in [2.45, 2.75) is 32.8 Å². The quantitative estimate of drug-likeness (QED) is 0.755. The normalized spacial score (nSPS) is 20.1. The average Bonchev–Trinajstić information content (AvgIpc) is 2.20. The first-order valence-electron chi connectivity index (χ1n) is 5.52. The molecule has 0 aromatic rings. The first-order chi connectivity index (χ1) is 7.38. The molecule has 1 unspecified atom stereocenters. The van der Waals surface area contributed by atoms with Gasteiger partial charge in [-0.3, -0.25) is 4.79 Å². The van der Waals surface area contributed by atoms with Gasteiger partial charge in [-0.05, 0) is 13.3 Å². The van der Waals surface area contributed by atoms with Crippen LogP contribution in [-0.4, -0.2) is 47.2 Å². The summed E-state index contributed by atoms with van der Waals surface area (Å²) in [6.07, 6.45) is 0.821. The van der Waals surface area contributed by atoms with Crippen molar-refractivity contribution in [3.8, 4) is 0 Å². The molecule has 1 atom stereocenters. The van der Waals surface area contributed by atoms with Gasteiger partial charge in [0.2, 0.25) is 5.91 Å². The number of nitrogens with zero attached hydrogens (tertiary/aromatic N) is 1. The Bertz CT molecular complexity index is 284. The number of aliphatic carboxylic acids is 1. The van der Waals surface area contributed by atoms with Crippen molar-refractivity contribution in [3.05, 3.63) is 0 Å². The van der Waals surface area contributed by atoms with Crippen LogP contribution in [0.15, 0.2) is 0 Å². The van der Waals surface area contributed by atoms with Gasteiger partial charge >= 0.3 is 5.97 Å². The molecule has 0 spiro atoms. The van der Waals surface area contributed by atoms with E-state index in [2.05, 4.69) is 0 Å². The summed E-state index contributed by atoms with van der Waals surface area (Å²) in [5.41, 5.74) is -0.485. The molecular formula is C11H19NO4. The molecule has 0 aliphatic carbocycles. The van der Waals surface area contributed by atoms with E-state index in [0.29, 0.717) is 13.1 Å². The molecule has 0 aromatic heterocycles. The lowest BCUT2D eigenvalue weighted by Gasteiger charge is -2.48. The molecule has 0 bridgehead atoms. The van der Waals surface area contributed by atoms with Crippen LogP contribution in [0.5, 0.6) is 0 Å². The van der Waals surface area contributed by atoms with Crippen LogP contribution in [0.4, 0.5) is 0 Å². The molecule has 1 saturated heterocycles. The molecule has 0 saturated carbocycles. The Morgan fingerprint density at radius 2 is 2.06 bits per heavy atom. The Morgan fingerprint density at radius 1 is 1.50 bits per heavy atom. The number of amides is 1. The third-order valence-electron chi connectivity index (χ3n) is 2.94. The van der Waals surface area contributed by atoms with Crippen LogP contribution in [0.25, 0.3) is 0 Å². The average molecular weight is 229 g/mol. The number of hydrogen-bond acceptors (Lipinski definition) is 3. The summed E-state index contributed by atoms with van der Waals surface area (Å²) >= 11 is 0. The van der Waals surface area contributed by atoms with Crippen LogP contribution in [0.3, 0.4) is 0 Å². The second-order valence-electron chi connectivity index (χ2n) is 4.64. The molecule has 0 aromatic carbocycles. The number of carboxylic acids is 1.